The van der Waals surface area contributed by atoms with Gasteiger partial charge in [0.05, 0.1) is 5.60 Å². The lowest BCUT2D eigenvalue weighted by Gasteiger charge is -2.45. The zero-order chi connectivity index (χ0) is 9.36. The Kier molecular flexibility index (Phi) is 2.34. The maximum Gasteiger partial charge on any atom is 0.0827 e. The van der Waals surface area contributed by atoms with Crippen molar-refractivity contribution in [3.05, 3.63) is 0 Å². The minimum absolute atomic E-state index is 0.311. The van der Waals surface area contributed by atoms with Crippen molar-refractivity contribution in [3.8, 4) is 0 Å². The number of nitrogens with one attached hydrogen (secondary N) is 1. The lowest BCUT2D eigenvalue weighted by atomic mass is 9.73. The van der Waals surface area contributed by atoms with Gasteiger partial charge in [0.2, 0.25) is 0 Å². The van der Waals surface area contributed by atoms with Gasteiger partial charge in [-0.05, 0) is 38.8 Å². The molecule has 0 aromatic carbocycles. The van der Waals surface area contributed by atoms with E-state index in [4.69, 9.17) is 5.73 Å². The molecule has 13 heavy (non-hydrogen) atoms. The van der Waals surface area contributed by atoms with E-state index in [1.54, 1.807) is 0 Å². The molecule has 0 atom stereocenters. The molecule has 2 fully saturated rings. The fourth-order valence-electron chi connectivity index (χ4n) is 2.80. The average molecular weight is 184 g/mol. The van der Waals surface area contributed by atoms with Gasteiger partial charge in [-0.1, -0.05) is 12.8 Å². The second-order valence-electron chi connectivity index (χ2n) is 4.64. The first kappa shape index (κ1) is 9.44. The van der Waals surface area contributed by atoms with Gasteiger partial charge >= 0.3 is 0 Å². The number of hydrogen-bond acceptors (Lipinski definition) is 3. The third-order valence-electron chi connectivity index (χ3n) is 3.85. The van der Waals surface area contributed by atoms with E-state index in [2.05, 4.69) is 5.32 Å². The highest BCUT2D eigenvalue weighted by Gasteiger charge is 2.48. The van der Waals surface area contributed by atoms with E-state index in [-0.39, 0.29) is 5.54 Å². The van der Waals surface area contributed by atoms with Crippen molar-refractivity contribution < 1.29 is 5.11 Å². The van der Waals surface area contributed by atoms with Gasteiger partial charge in [0.1, 0.15) is 0 Å². The molecule has 0 unspecified atom stereocenters. The van der Waals surface area contributed by atoms with Crippen LogP contribution in [0, 0.1) is 0 Å². The Hall–Kier alpha value is -0.120. The van der Waals surface area contributed by atoms with Crippen molar-refractivity contribution >= 4 is 0 Å². The minimum atomic E-state index is -0.560. The van der Waals surface area contributed by atoms with Gasteiger partial charge in [-0.2, -0.15) is 0 Å². The van der Waals surface area contributed by atoms with Gasteiger partial charge in [0.25, 0.3) is 0 Å². The van der Waals surface area contributed by atoms with E-state index in [1.807, 2.05) is 0 Å². The van der Waals surface area contributed by atoms with Crippen molar-refractivity contribution in [1.82, 2.24) is 5.32 Å². The maximum absolute atomic E-state index is 10.4. The van der Waals surface area contributed by atoms with Crippen LogP contribution in [-0.4, -0.2) is 29.3 Å². The van der Waals surface area contributed by atoms with Gasteiger partial charge in [-0.3, -0.25) is 0 Å². The Labute approximate surface area is 79.7 Å². The molecule has 1 aliphatic carbocycles. The summed E-state index contributed by atoms with van der Waals surface area (Å²) in [6.45, 7) is 1.91. The molecular formula is C10H20N2O. The van der Waals surface area contributed by atoms with Crippen LogP contribution in [0.3, 0.4) is 0 Å². The fraction of sp³-hybridized carbons (Fsp3) is 1.00. The molecule has 2 rings (SSSR count). The molecule has 2 aliphatic rings. The van der Waals surface area contributed by atoms with Gasteiger partial charge < -0.3 is 16.2 Å². The van der Waals surface area contributed by atoms with Crippen molar-refractivity contribution in [2.24, 2.45) is 5.73 Å². The van der Waals surface area contributed by atoms with Crippen molar-refractivity contribution in [2.45, 2.75) is 49.7 Å². The molecule has 0 aromatic heterocycles. The van der Waals surface area contributed by atoms with Crippen LogP contribution in [-0.2, 0) is 0 Å². The fourth-order valence-corrected chi connectivity index (χ4v) is 2.80. The van der Waals surface area contributed by atoms with Crippen LogP contribution in [0.1, 0.15) is 38.5 Å². The molecule has 0 aromatic rings. The molecule has 3 heteroatoms. The first-order valence-corrected chi connectivity index (χ1v) is 5.38. The zero-order valence-corrected chi connectivity index (χ0v) is 8.18. The van der Waals surface area contributed by atoms with E-state index in [9.17, 15) is 5.11 Å². The van der Waals surface area contributed by atoms with E-state index in [0.29, 0.717) is 0 Å². The molecule has 4 N–H and O–H groups in total. The van der Waals surface area contributed by atoms with Crippen LogP contribution in [0.15, 0.2) is 0 Å². The number of hydrogen-bond donors (Lipinski definition) is 3. The number of nitrogens with two attached hydrogens (primary N) is 1. The normalized spacial score (nSPS) is 31.8. The Morgan fingerprint density at radius 1 is 1.00 bits per heavy atom. The second kappa shape index (κ2) is 3.23. The predicted molar refractivity (Wildman–Crippen MR) is 52.4 cm³/mol. The SMILES string of the molecule is NC1(C2(O)CCCC2)CCNCC1. The first-order chi connectivity index (χ1) is 6.16. The summed E-state index contributed by atoms with van der Waals surface area (Å²) in [6.07, 6.45) is 5.94. The van der Waals surface area contributed by atoms with E-state index in [0.717, 1.165) is 51.6 Å². The lowest BCUT2D eigenvalue weighted by molar-refractivity contribution is -0.0430. The maximum atomic E-state index is 10.4. The highest BCUT2D eigenvalue weighted by molar-refractivity contribution is 5.07. The molecule has 1 saturated carbocycles. The minimum Gasteiger partial charge on any atom is -0.388 e. The summed E-state index contributed by atoms with van der Waals surface area (Å²) in [5.74, 6) is 0. The Morgan fingerprint density at radius 3 is 2.08 bits per heavy atom. The first-order valence-electron chi connectivity index (χ1n) is 5.38. The van der Waals surface area contributed by atoms with Crippen LogP contribution < -0.4 is 11.1 Å². The van der Waals surface area contributed by atoms with Crippen LogP contribution >= 0.6 is 0 Å². The average Bonchev–Trinajstić information content (AvgIpc) is 2.55. The van der Waals surface area contributed by atoms with Crippen molar-refractivity contribution in [3.63, 3.8) is 0 Å². The lowest BCUT2D eigenvalue weighted by Crippen LogP contribution is -2.63. The highest BCUT2D eigenvalue weighted by atomic mass is 16.3. The van der Waals surface area contributed by atoms with Crippen LogP contribution in [0.2, 0.25) is 0 Å². The monoisotopic (exact) mass is 184 g/mol. The Balaban J connectivity index is 2.11. The summed E-state index contributed by atoms with van der Waals surface area (Å²) in [5.41, 5.74) is 5.44. The molecule has 0 bridgehead atoms. The smallest absolute Gasteiger partial charge is 0.0827 e. The molecule has 3 nitrogen and oxygen atoms in total. The predicted octanol–water partition coefficient (Wildman–Crippen LogP) is 0.372. The van der Waals surface area contributed by atoms with E-state index < -0.39 is 5.60 Å². The third kappa shape index (κ3) is 1.49. The highest BCUT2D eigenvalue weighted by Crippen LogP contribution is 2.41. The molecule has 1 aliphatic heterocycles. The summed E-state index contributed by atoms with van der Waals surface area (Å²) >= 11 is 0. The molecular weight excluding hydrogens is 164 g/mol. The van der Waals surface area contributed by atoms with Gasteiger partial charge in [0, 0.05) is 5.54 Å². The summed E-state index contributed by atoms with van der Waals surface area (Å²) in [6, 6.07) is 0. The van der Waals surface area contributed by atoms with Gasteiger partial charge in [-0.25, -0.2) is 0 Å². The second-order valence-corrected chi connectivity index (χ2v) is 4.64. The largest absolute Gasteiger partial charge is 0.388 e. The number of piperidine rings is 1. The topological polar surface area (TPSA) is 58.3 Å². The van der Waals surface area contributed by atoms with Crippen LogP contribution in [0.25, 0.3) is 0 Å². The summed E-state index contributed by atoms with van der Waals surface area (Å²) in [4.78, 5) is 0. The summed E-state index contributed by atoms with van der Waals surface area (Å²) < 4.78 is 0. The van der Waals surface area contributed by atoms with Crippen molar-refractivity contribution in [2.75, 3.05) is 13.1 Å². The van der Waals surface area contributed by atoms with Crippen LogP contribution in [0.5, 0.6) is 0 Å². The molecule has 0 amide bonds. The summed E-state index contributed by atoms with van der Waals surface area (Å²) in [5, 5.41) is 13.7. The quantitative estimate of drug-likeness (QED) is 0.552. The summed E-state index contributed by atoms with van der Waals surface area (Å²) in [7, 11) is 0. The molecule has 1 saturated heterocycles. The van der Waals surface area contributed by atoms with Gasteiger partial charge in [0.15, 0.2) is 0 Å². The zero-order valence-electron chi connectivity index (χ0n) is 8.18. The van der Waals surface area contributed by atoms with Crippen LogP contribution in [0.4, 0.5) is 0 Å². The van der Waals surface area contributed by atoms with Crippen molar-refractivity contribution in [1.29, 1.82) is 0 Å². The Bertz CT molecular complexity index is 181. The molecule has 0 radical (unpaired) electrons. The number of aliphatic hydroxyl groups is 1. The van der Waals surface area contributed by atoms with E-state index >= 15 is 0 Å². The molecule has 1 heterocycles. The molecule has 76 valence electrons. The third-order valence-corrected chi connectivity index (χ3v) is 3.85. The standard InChI is InChI=1S/C10H20N2O/c11-9(5-7-12-8-6-9)10(13)3-1-2-4-10/h12-13H,1-8,11H2. The Morgan fingerprint density at radius 2 is 1.54 bits per heavy atom. The molecule has 0 spiro atoms. The number of rotatable bonds is 1. The van der Waals surface area contributed by atoms with E-state index in [1.165, 1.54) is 0 Å². The van der Waals surface area contributed by atoms with Gasteiger partial charge in [-0.15, -0.1) is 0 Å².